The third-order valence-corrected chi connectivity index (χ3v) is 8.66. The summed E-state index contributed by atoms with van der Waals surface area (Å²) in [4.78, 5) is 32.5. The number of amides is 1. The summed E-state index contributed by atoms with van der Waals surface area (Å²) in [7, 11) is 0. The number of nitrogens with zero attached hydrogens (tertiary/aromatic N) is 3. The van der Waals surface area contributed by atoms with E-state index >= 15 is 0 Å². The second-order valence-corrected chi connectivity index (χ2v) is 10.7. The Hall–Kier alpha value is -2.29. The maximum absolute atomic E-state index is 13.9. The molecule has 3 fully saturated rings. The van der Waals surface area contributed by atoms with E-state index in [1.807, 2.05) is 4.90 Å². The average Bonchev–Trinajstić information content (AvgIpc) is 3.42. The monoisotopic (exact) mass is 507 g/mol. The zero-order valence-corrected chi connectivity index (χ0v) is 20.9. The summed E-state index contributed by atoms with van der Waals surface area (Å²) in [5.41, 5.74) is 0.782. The highest BCUT2D eigenvalue weighted by molar-refractivity contribution is 5.83. The normalized spacial score (nSPS) is 26.0. The van der Waals surface area contributed by atoms with Crippen molar-refractivity contribution in [3.63, 3.8) is 0 Å². The predicted molar refractivity (Wildman–Crippen MR) is 130 cm³/mol. The van der Waals surface area contributed by atoms with Gasteiger partial charge < -0.3 is 14.5 Å². The van der Waals surface area contributed by atoms with Crippen molar-refractivity contribution in [2.45, 2.75) is 70.1 Å². The summed E-state index contributed by atoms with van der Waals surface area (Å²) in [5, 5.41) is 0. The molecule has 9 heteroatoms. The van der Waals surface area contributed by atoms with Crippen molar-refractivity contribution in [2.24, 2.45) is 11.8 Å². The van der Waals surface area contributed by atoms with Crippen LogP contribution < -0.4 is 4.90 Å². The first-order valence-corrected chi connectivity index (χ1v) is 13.4. The number of ether oxygens (including phenoxy) is 1. The Bertz CT molecular complexity index is 971. The van der Waals surface area contributed by atoms with Gasteiger partial charge in [-0.15, -0.1) is 0 Å². The van der Waals surface area contributed by atoms with Gasteiger partial charge in [-0.2, -0.15) is 13.2 Å². The van der Waals surface area contributed by atoms with Gasteiger partial charge >= 0.3 is 12.1 Å². The van der Waals surface area contributed by atoms with Gasteiger partial charge in [-0.25, -0.2) is 0 Å². The van der Waals surface area contributed by atoms with E-state index in [2.05, 4.69) is 9.80 Å². The Labute approximate surface area is 210 Å². The van der Waals surface area contributed by atoms with E-state index in [9.17, 15) is 22.8 Å². The van der Waals surface area contributed by atoms with Crippen molar-refractivity contribution in [1.82, 2.24) is 9.80 Å². The molecule has 1 aromatic rings. The molecule has 2 saturated heterocycles. The smallest absolute Gasteiger partial charge is 0.416 e. The van der Waals surface area contributed by atoms with Gasteiger partial charge in [-0.1, -0.05) is 12.8 Å². The molecule has 6 nitrogen and oxygen atoms in total. The van der Waals surface area contributed by atoms with Gasteiger partial charge in [0.15, 0.2) is 0 Å². The van der Waals surface area contributed by atoms with Gasteiger partial charge in [-0.3, -0.25) is 14.5 Å². The standard InChI is InChI=1S/C27H36F3N3O3/c1-2-36-26(35)18-9-11-31(12-10-18)25(34)22-16-19-15-20(27(28,29)30)7-8-23(19)33-14-13-32(17-24(22)33)21-5-3-4-6-21/h7-8,15,18,21-22,24H,2-6,9-14,16-17H2,1H3. The number of alkyl halides is 3. The third kappa shape index (κ3) is 4.95. The molecule has 1 saturated carbocycles. The summed E-state index contributed by atoms with van der Waals surface area (Å²) >= 11 is 0. The van der Waals surface area contributed by atoms with Crippen LogP contribution in [0, 0.1) is 11.8 Å². The first kappa shape index (κ1) is 25.4. The molecular weight excluding hydrogens is 471 g/mol. The van der Waals surface area contributed by atoms with E-state index in [4.69, 9.17) is 4.74 Å². The third-order valence-electron chi connectivity index (χ3n) is 8.66. The molecule has 4 aliphatic rings. The van der Waals surface area contributed by atoms with Gasteiger partial charge in [0.05, 0.1) is 30.0 Å². The van der Waals surface area contributed by atoms with Crippen LogP contribution >= 0.6 is 0 Å². The second-order valence-electron chi connectivity index (χ2n) is 10.7. The van der Waals surface area contributed by atoms with E-state index < -0.39 is 17.7 Å². The molecule has 1 aromatic carbocycles. The minimum Gasteiger partial charge on any atom is -0.466 e. The number of piperazine rings is 1. The fourth-order valence-electron chi connectivity index (χ4n) is 6.74. The Morgan fingerprint density at radius 2 is 1.75 bits per heavy atom. The van der Waals surface area contributed by atoms with E-state index in [1.54, 1.807) is 13.0 Å². The van der Waals surface area contributed by atoms with Crippen LogP contribution in [0.1, 0.15) is 56.6 Å². The summed E-state index contributed by atoms with van der Waals surface area (Å²) in [6.45, 7) is 5.43. The number of hydrogen-bond donors (Lipinski definition) is 0. The van der Waals surface area contributed by atoms with Crippen LogP contribution in [0.3, 0.4) is 0 Å². The average molecular weight is 508 g/mol. The lowest BCUT2D eigenvalue weighted by molar-refractivity contribution is -0.152. The molecule has 0 bridgehead atoms. The summed E-state index contributed by atoms with van der Waals surface area (Å²) in [5.74, 6) is -0.797. The second kappa shape index (κ2) is 10.2. The minimum absolute atomic E-state index is 0.00337. The number of hydrogen-bond acceptors (Lipinski definition) is 5. The molecule has 1 amide bonds. The Morgan fingerprint density at radius 3 is 2.42 bits per heavy atom. The summed E-state index contributed by atoms with van der Waals surface area (Å²) in [6, 6.07) is 4.49. The highest BCUT2D eigenvalue weighted by atomic mass is 19.4. The zero-order valence-electron chi connectivity index (χ0n) is 20.9. The summed E-state index contributed by atoms with van der Waals surface area (Å²) < 4.78 is 45.6. The fourth-order valence-corrected chi connectivity index (χ4v) is 6.74. The summed E-state index contributed by atoms with van der Waals surface area (Å²) in [6.07, 6.45) is 1.85. The maximum Gasteiger partial charge on any atom is 0.416 e. The Balaban J connectivity index is 1.38. The molecule has 0 radical (unpaired) electrons. The first-order chi connectivity index (χ1) is 17.3. The predicted octanol–water partition coefficient (Wildman–Crippen LogP) is 4.11. The molecule has 0 aromatic heterocycles. The van der Waals surface area contributed by atoms with Crippen molar-refractivity contribution < 1.29 is 27.5 Å². The highest BCUT2D eigenvalue weighted by Gasteiger charge is 2.45. The maximum atomic E-state index is 13.9. The number of carbonyl (C=O) groups is 2. The highest BCUT2D eigenvalue weighted by Crippen LogP contribution is 2.41. The number of piperidine rings is 1. The van der Waals surface area contributed by atoms with Crippen molar-refractivity contribution in [1.29, 1.82) is 0 Å². The van der Waals surface area contributed by atoms with E-state index in [-0.39, 0.29) is 23.8 Å². The molecule has 3 aliphatic heterocycles. The lowest BCUT2D eigenvalue weighted by Gasteiger charge is -2.51. The van der Waals surface area contributed by atoms with Crippen LogP contribution in [0.2, 0.25) is 0 Å². The van der Waals surface area contributed by atoms with Crippen molar-refractivity contribution >= 4 is 17.6 Å². The molecule has 0 spiro atoms. The van der Waals surface area contributed by atoms with Crippen LogP contribution in [0.4, 0.5) is 18.9 Å². The lowest BCUT2D eigenvalue weighted by Crippen LogP contribution is -2.63. The van der Waals surface area contributed by atoms with E-state index in [0.29, 0.717) is 57.1 Å². The van der Waals surface area contributed by atoms with Crippen molar-refractivity contribution in [2.75, 3.05) is 44.2 Å². The Kier molecular flexibility index (Phi) is 7.21. The van der Waals surface area contributed by atoms with Gasteiger partial charge in [0.1, 0.15) is 0 Å². The quantitative estimate of drug-likeness (QED) is 0.574. The molecule has 2 unspecified atom stereocenters. The van der Waals surface area contributed by atoms with Crippen LogP contribution in [0.15, 0.2) is 18.2 Å². The van der Waals surface area contributed by atoms with Crippen LogP contribution in [-0.2, 0) is 26.9 Å². The number of halogens is 3. The number of anilines is 1. The van der Waals surface area contributed by atoms with Crippen LogP contribution in [0.25, 0.3) is 0 Å². The largest absolute Gasteiger partial charge is 0.466 e. The minimum atomic E-state index is -4.42. The van der Waals surface area contributed by atoms with E-state index in [0.717, 1.165) is 18.8 Å². The molecular formula is C27H36F3N3O3. The first-order valence-electron chi connectivity index (χ1n) is 13.4. The topological polar surface area (TPSA) is 53.1 Å². The number of fused-ring (bicyclic) bond motifs is 3. The van der Waals surface area contributed by atoms with Gasteiger partial charge in [-0.05, 0) is 62.8 Å². The number of carbonyl (C=O) groups excluding carboxylic acids is 2. The van der Waals surface area contributed by atoms with Crippen LogP contribution in [0.5, 0.6) is 0 Å². The number of rotatable bonds is 4. The molecule has 3 heterocycles. The molecule has 36 heavy (non-hydrogen) atoms. The molecule has 198 valence electrons. The number of esters is 1. The Morgan fingerprint density at radius 1 is 1.03 bits per heavy atom. The fraction of sp³-hybridized carbons (Fsp3) is 0.704. The zero-order chi connectivity index (χ0) is 25.4. The lowest BCUT2D eigenvalue weighted by atomic mass is 9.81. The molecule has 0 N–H and O–H groups in total. The van der Waals surface area contributed by atoms with Gasteiger partial charge in [0.2, 0.25) is 5.91 Å². The molecule has 2 atom stereocenters. The molecule has 1 aliphatic carbocycles. The van der Waals surface area contributed by atoms with Gasteiger partial charge in [0.25, 0.3) is 0 Å². The van der Waals surface area contributed by atoms with Crippen molar-refractivity contribution in [3.8, 4) is 0 Å². The van der Waals surface area contributed by atoms with E-state index in [1.165, 1.54) is 37.8 Å². The van der Waals surface area contributed by atoms with Crippen molar-refractivity contribution in [3.05, 3.63) is 29.3 Å². The van der Waals surface area contributed by atoms with Crippen LogP contribution in [-0.4, -0.2) is 73.1 Å². The molecule has 5 rings (SSSR count). The SMILES string of the molecule is CCOC(=O)C1CCN(C(=O)C2Cc3cc(C(F)(F)F)ccc3N3CCN(C4CCCC4)CC23)CC1. The number of likely N-dealkylation sites (tertiary alicyclic amines) is 1. The number of benzene rings is 1. The van der Waals surface area contributed by atoms with Gasteiger partial charge in [0, 0.05) is 44.5 Å².